The van der Waals surface area contributed by atoms with Crippen LogP contribution in [-0.2, 0) is 12.6 Å². The first-order valence-corrected chi connectivity index (χ1v) is 10.0. The second-order valence-electron chi connectivity index (χ2n) is 6.89. The summed E-state index contributed by atoms with van der Waals surface area (Å²) >= 11 is 1.42. The van der Waals surface area contributed by atoms with Crippen molar-refractivity contribution in [3.05, 3.63) is 72.1 Å². The van der Waals surface area contributed by atoms with Crippen LogP contribution >= 0.6 is 11.3 Å². The van der Waals surface area contributed by atoms with E-state index in [1.165, 1.54) is 23.5 Å². The molecule has 0 aliphatic heterocycles. The van der Waals surface area contributed by atoms with Crippen LogP contribution in [0.2, 0.25) is 0 Å². The fraction of sp³-hybridized carbons (Fsp3) is 0.190. The van der Waals surface area contributed by atoms with Crippen LogP contribution in [0.1, 0.15) is 11.1 Å². The summed E-state index contributed by atoms with van der Waals surface area (Å²) in [5, 5.41) is 15.1. The molecule has 5 nitrogen and oxygen atoms in total. The van der Waals surface area contributed by atoms with Gasteiger partial charge in [-0.1, -0.05) is 35.6 Å². The molecule has 4 rings (SSSR count). The predicted molar refractivity (Wildman–Crippen MR) is 112 cm³/mol. The highest BCUT2D eigenvalue weighted by Gasteiger charge is 2.29. The van der Waals surface area contributed by atoms with Gasteiger partial charge in [0.15, 0.2) is 0 Å². The number of hydrogen-bond donors (Lipinski definition) is 2. The monoisotopic (exact) mass is 429 g/mol. The van der Waals surface area contributed by atoms with Gasteiger partial charge in [0.05, 0.1) is 5.56 Å². The fourth-order valence-electron chi connectivity index (χ4n) is 3.05. The Morgan fingerprint density at radius 3 is 2.57 bits per heavy atom. The van der Waals surface area contributed by atoms with Crippen LogP contribution < -0.4 is 11.1 Å². The molecule has 0 unspecified atom stereocenters. The van der Waals surface area contributed by atoms with Crippen molar-refractivity contribution < 1.29 is 13.2 Å². The Kier molecular flexibility index (Phi) is 5.65. The van der Waals surface area contributed by atoms with Crippen molar-refractivity contribution in [2.24, 2.45) is 5.73 Å². The topological polar surface area (TPSA) is 76.7 Å². The first-order valence-electron chi connectivity index (χ1n) is 9.22. The third kappa shape index (κ3) is 4.74. The number of fused-ring (bicyclic) bond motifs is 1. The molecule has 9 heteroatoms. The van der Waals surface area contributed by atoms with Crippen LogP contribution in [-0.4, -0.2) is 27.8 Å². The molecule has 154 valence electrons. The maximum Gasteiger partial charge on any atom is 0.416 e. The van der Waals surface area contributed by atoms with Crippen LogP contribution in [0.4, 0.5) is 18.3 Å². The standard InChI is InChI=1S/C21H18F3N5S/c22-21(23,24)17-5-1-13(2-6-17)9-18(25)12-27-20-29-28-19(30-20)15-3-4-16-11-26-8-7-14(16)10-15/h1-8,10-11,18H,9,12,25H2,(H,27,29)/t18-/m1/s1. The van der Waals surface area contributed by atoms with Crippen molar-refractivity contribution >= 4 is 27.2 Å². The van der Waals surface area contributed by atoms with Gasteiger partial charge in [0.2, 0.25) is 5.13 Å². The Bertz CT molecular complexity index is 1140. The maximum absolute atomic E-state index is 12.6. The van der Waals surface area contributed by atoms with Crippen LogP contribution in [0.3, 0.4) is 0 Å². The molecule has 4 aromatic rings. The van der Waals surface area contributed by atoms with E-state index >= 15 is 0 Å². The fourth-order valence-corrected chi connectivity index (χ4v) is 3.80. The Labute approximate surface area is 174 Å². The third-order valence-electron chi connectivity index (χ3n) is 4.61. The first kappa shape index (κ1) is 20.2. The summed E-state index contributed by atoms with van der Waals surface area (Å²) in [6.45, 7) is 0.430. The first-order chi connectivity index (χ1) is 14.4. The Balaban J connectivity index is 1.35. The molecule has 0 saturated heterocycles. The lowest BCUT2D eigenvalue weighted by molar-refractivity contribution is -0.137. The Morgan fingerprint density at radius 2 is 1.80 bits per heavy atom. The number of nitrogens with one attached hydrogen (secondary N) is 1. The molecule has 30 heavy (non-hydrogen) atoms. The van der Waals surface area contributed by atoms with Gasteiger partial charge in [0.25, 0.3) is 0 Å². The van der Waals surface area contributed by atoms with E-state index in [0.717, 1.165) is 39.0 Å². The van der Waals surface area contributed by atoms with Crippen molar-refractivity contribution in [2.75, 3.05) is 11.9 Å². The summed E-state index contributed by atoms with van der Waals surface area (Å²) in [6.07, 6.45) is -0.323. The molecule has 0 aliphatic rings. The molecule has 2 heterocycles. The van der Waals surface area contributed by atoms with Gasteiger partial charge in [-0.2, -0.15) is 13.2 Å². The summed E-state index contributed by atoms with van der Waals surface area (Å²) in [5.41, 5.74) is 7.18. The van der Waals surface area contributed by atoms with Crippen LogP contribution in [0.5, 0.6) is 0 Å². The van der Waals surface area contributed by atoms with Gasteiger partial charge in [-0.15, -0.1) is 10.2 Å². The lowest BCUT2D eigenvalue weighted by Gasteiger charge is -2.13. The van der Waals surface area contributed by atoms with E-state index in [1.54, 1.807) is 6.20 Å². The Morgan fingerprint density at radius 1 is 1.00 bits per heavy atom. The molecule has 0 radical (unpaired) electrons. The summed E-state index contributed by atoms with van der Waals surface area (Å²) in [5.74, 6) is 0. The number of aromatic nitrogens is 3. The zero-order valence-corrected chi connectivity index (χ0v) is 16.5. The highest BCUT2D eigenvalue weighted by molar-refractivity contribution is 7.18. The van der Waals surface area contributed by atoms with Gasteiger partial charge < -0.3 is 11.1 Å². The zero-order valence-electron chi connectivity index (χ0n) is 15.7. The molecular formula is C21H18F3N5S. The summed E-state index contributed by atoms with van der Waals surface area (Å²) < 4.78 is 37.9. The molecule has 2 aromatic carbocycles. The summed E-state index contributed by atoms with van der Waals surface area (Å²) in [4.78, 5) is 4.11. The number of pyridine rings is 1. The predicted octanol–water partition coefficient (Wildman–Crippen LogP) is 4.75. The minimum Gasteiger partial charge on any atom is -0.359 e. The number of alkyl halides is 3. The molecule has 0 aliphatic carbocycles. The van der Waals surface area contributed by atoms with E-state index in [0.29, 0.717) is 18.1 Å². The number of nitrogens with zero attached hydrogens (tertiary/aromatic N) is 3. The molecular weight excluding hydrogens is 411 g/mol. The normalized spacial score (nSPS) is 12.8. The van der Waals surface area contributed by atoms with Crippen molar-refractivity contribution in [1.29, 1.82) is 0 Å². The Hall–Kier alpha value is -3.04. The molecule has 2 aromatic heterocycles. The quantitative estimate of drug-likeness (QED) is 0.462. The second kappa shape index (κ2) is 8.37. The van der Waals surface area contributed by atoms with E-state index in [4.69, 9.17) is 5.73 Å². The van der Waals surface area contributed by atoms with Gasteiger partial charge in [-0.3, -0.25) is 4.98 Å². The van der Waals surface area contributed by atoms with Crippen LogP contribution in [0, 0.1) is 0 Å². The van der Waals surface area contributed by atoms with Gasteiger partial charge in [-0.05, 0) is 41.6 Å². The smallest absolute Gasteiger partial charge is 0.359 e. The van der Waals surface area contributed by atoms with Crippen LogP contribution in [0.15, 0.2) is 60.9 Å². The highest BCUT2D eigenvalue weighted by Crippen LogP contribution is 2.30. The molecule has 0 fully saturated rings. The van der Waals surface area contributed by atoms with Gasteiger partial charge in [0, 0.05) is 35.9 Å². The molecule has 3 N–H and O–H groups in total. The lowest BCUT2D eigenvalue weighted by atomic mass is 10.0. The average molecular weight is 429 g/mol. The van der Waals surface area contributed by atoms with Crippen molar-refractivity contribution in [3.63, 3.8) is 0 Å². The minimum absolute atomic E-state index is 0.276. The van der Waals surface area contributed by atoms with E-state index in [9.17, 15) is 13.2 Å². The maximum atomic E-state index is 12.6. The molecule has 0 spiro atoms. The summed E-state index contributed by atoms with van der Waals surface area (Å²) in [6, 6.07) is 12.7. The number of anilines is 1. The average Bonchev–Trinajstić information content (AvgIpc) is 3.21. The molecule has 1 atom stereocenters. The zero-order chi connectivity index (χ0) is 21.1. The van der Waals surface area contributed by atoms with E-state index in [-0.39, 0.29) is 6.04 Å². The van der Waals surface area contributed by atoms with Crippen LogP contribution in [0.25, 0.3) is 21.3 Å². The SMILES string of the molecule is N[C@@H](CNc1nnc(-c2ccc3cnccc3c2)s1)Cc1ccc(C(F)(F)F)cc1. The van der Waals surface area contributed by atoms with Gasteiger partial charge in [-0.25, -0.2) is 0 Å². The van der Waals surface area contributed by atoms with E-state index in [1.807, 2.05) is 30.5 Å². The lowest BCUT2D eigenvalue weighted by Crippen LogP contribution is -2.31. The summed E-state index contributed by atoms with van der Waals surface area (Å²) in [7, 11) is 0. The number of nitrogens with two attached hydrogens (primary N) is 1. The molecule has 0 saturated carbocycles. The van der Waals surface area contributed by atoms with Gasteiger partial charge in [0.1, 0.15) is 5.01 Å². The largest absolute Gasteiger partial charge is 0.416 e. The highest BCUT2D eigenvalue weighted by atomic mass is 32.1. The van der Waals surface area contributed by atoms with E-state index < -0.39 is 11.7 Å². The number of hydrogen-bond acceptors (Lipinski definition) is 6. The number of halogens is 3. The number of rotatable bonds is 6. The molecule has 0 amide bonds. The van der Waals surface area contributed by atoms with Gasteiger partial charge >= 0.3 is 6.18 Å². The minimum atomic E-state index is -4.33. The number of benzene rings is 2. The van der Waals surface area contributed by atoms with E-state index in [2.05, 4.69) is 20.5 Å². The second-order valence-corrected chi connectivity index (χ2v) is 7.87. The van der Waals surface area contributed by atoms with Crippen molar-refractivity contribution in [3.8, 4) is 10.6 Å². The third-order valence-corrected chi connectivity index (χ3v) is 5.54. The van der Waals surface area contributed by atoms with Crippen molar-refractivity contribution in [1.82, 2.24) is 15.2 Å². The van der Waals surface area contributed by atoms with Crippen molar-refractivity contribution in [2.45, 2.75) is 18.6 Å². The molecule has 0 bridgehead atoms.